The third-order valence-electron chi connectivity index (χ3n) is 6.24. The maximum absolute atomic E-state index is 13.9. The molecule has 4 rings (SSSR count). The van der Waals surface area contributed by atoms with Crippen LogP contribution < -0.4 is 10.1 Å². The fourth-order valence-electron chi connectivity index (χ4n) is 4.18. The molecule has 0 heterocycles. The Labute approximate surface area is 243 Å². The number of hydrogen-bond acceptors (Lipinski definition) is 3. The Balaban J connectivity index is 1.67. The molecule has 0 aliphatic heterocycles. The first-order chi connectivity index (χ1) is 18.8. The van der Waals surface area contributed by atoms with Crippen molar-refractivity contribution in [2.24, 2.45) is 0 Å². The summed E-state index contributed by atoms with van der Waals surface area (Å²) in [5.41, 5.74) is 3.06. The molecule has 0 spiro atoms. The Hall–Kier alpha value is -3.51. The van der Waals surface area contributed by atoms with Crippen molar-refractivity contribution in [2.45, 2.75) is 25.6 Å². The third kappa shape index (κ3) is 7.76. The van der Waals surface area contributed by atoms with Crippen molar-refractivity contribution in [3.05, 3.63) is 134 Å². The van der Waals surface area contributed by atoms with Gasteiger partial charge in [-0.1, -0.05) is 95.5 Å². The molecule has 39 heavy (non-hydrogen) atoms. The zero-order valence-corrected chi connectivity index (χ0v) is 23.5. The van der Waals surface area contributed by atoms with E-state index in [4.69, 9.17) is 39.5 Å². The van der Waals surface area contributed by atoms with Gasteiger partial charge in [0.2, 0.25) is 11.8 Å². The quantitative estimate of drug-likeness (QED) is 0.214. The van der Waals surface area contributed by atoms with Gasteiger partial charge in [0.1, 0.15) is 11.8 Å². The van der Waals surface area contributed by atoms with E-state index in [1.807, 2.05) is 66.7 Å². The smallest absolute Gasteiger partial charge is 0.247 e. The summed E-state index contributed by atoms with van der Waals surface area (Å²) in [6.07, 6.45) is 0.104. The van der Waals surface area contributed by atoms with Gasteiger partial charge in [-0.25, -0.2) is 0 Å². The van der Waals surface area contributed by atoms with Crippen molar-refractivity contribution >= 4 is 46.6 Å². The Morgan fingerprint density at radius 2 is 1.46 bits per heavy atom. The topological polar surface area (TPSA) is 58.6 Å². The van der Waals surface area contributed by atoms with E-state index in [9.17, 15) is 9.59 Å². The number of halogens is 3. The number of carbonyl (C=O) groups excluding carboxylic acids is 2. The van der Waals surface area contributed by atoms with Crippen LogP contribution in [0.4, 0.5) is 0 Å². The van der Waals surface area contributed by atoms with Gasteiger partial charge in [-0.3, -0.25) is 9.59 Å². The summed E-state index contributed by atoms with van der Waals surface area (Å²) in [5, 5.41) is 4.52. The van der Waals surface area contributed by atoms with Gasteiger partial charge in [-0.15, -0.1) is 0 Å². The average molecular weight is 582 g/mol. The molecule has 0 aliphatic rings. The molecule has 0 aliphatic carbocycles. The highest BCUT2D eigenvalue weighted by molar-refractivity contribution is 6.35. The SMILES string of the molecule is COc1ccc(CN(C(=O)Cc2ccc(Cl)cc2)[C@@H](C(=O)NCc2ccc(Cl)cc2Cl)c2ccccc2)cc1. The second-order valence-electron chi connectivity index (χ2n) is 8.94. The van der Waals surface area contributed by atoms with Gasteiger partial charge in [0.05, 0.1) is 13.5 Å². The van der Waals surface area contributed by atoms with Crippen LogP contribution in [0.5, 0.6) is 5.75 Å². The molecule has 0 radical (unpaired) electrons. The third-order valence-corrected chi connectivity index (χ3v) is 7.08. The number of ether oxygens (including phenoxy) is 1. The summed E-state index contributed by atoms with van der Waals surface area (Å²) >= 11 is 18.4. The molecule has 0 saturated heterocycles. The maximum atomic E-state index is 13.9. The highest BCUT2D eigenvalue weighted by atomic mass is 35.5. The number of benzene rings is 4. The van der Waals surface area contributed by atoms with E-state index in [2.05, 4.69) is 5.32 Å². The van der Waals surface area contributed by atoms with Crippen LogP contribution >= 0.6 is 34.8 Å². The molecule has 2 amide bonds. The molecule has 1 N–H and O–H groups in total. The molecule has 4 aromatic rings. The molecule has 0 aromatic heterocycles. The van der Waals surface area contributed by atoms with Crippen LogP contribution in [0, 0.1) is 0 Å². The lowest BCUT2D eigenvalue weighted by atomic mass is 10.0. The van der Waals surface area contributed by atoms with Crippen molar-refractivity contribution in [2.75, 3.05) is 7.11 Å². The van der Waals surface area contributed by atoms with Gasteiger partial charge >= 0.3 is 0 Å². The minimum atomic E-state index is -0.890. The van der Waals surface area contributed by atoms with E-state index >= 15 is 0 Å². The van der Waals surface area contributed by atoms with Gasteiger partial charge in [0.25, 0.3) is 0 Å². The standard InChI is InChI=1S/C31H27Cl3N2O3/c1-39-27-15-9-22(10-16-27)20-36(29(37)17-21-7-12-25(32)13-8-21)30(23-5-3-2-4-6-23)31(38)35-19-24-11-14-26(33)18-28(24)34/h2-16,18,30H,17,19-20H2,1H3,(H,35,38)/t30-/m1/s1. The fourth-order valence-corrected chi connectivity index (χ4v) is 4.78. The van der Waals surface area contributed by atoms with Crippen LogP contribution in [0.25, 0.3) is 0 Å². The van der Waals surface area contributed by atoms with Gasteiger partial charge < -0.3 is 15.0 Å². The van der Waals surface area contributed by atoms with E-state index in [0.717, 1.165) is 16.7 Å². The first-order valence-corrected chi connectivity index (χ1v) is 13.4. The molecule has 0 saturated carbocycles. The number of carbonyl (C=O) groups is 2. The molecule has 4 aromatic carbocycles. The predicted octanol–water partition coefficient (Wildman–Crippen LogP) is 7.28. The number of rotatable bonds is 10. The van der Waals surface area contributed by atoms with Crippen LogP contribution in [-0.4, -0.2) is 23.8 Å². The lowest BCUT2D eigenvalue weighted by Gasteiger charge is -2.32. The van der Waals surface area contributed by atoms with Crippen LogP contribution in [0.3, 0.4) is 0 Å². The van der Waals surface area contributed by atoms with Crippen molar-refractivity contribution in [3.8, 4) is 5.75 Å². The zero-order valence-electron chi connectivity index (χ0n) is 21.2. The highest BCUT2D eigenvalue weighted by Crippen LogP contribution is 2.27. The molecular weight excluding hydrogens is 555 g/mol. The average Bonchev–Trinajstić information content (AvgIpc) is 2.94. The first kappa shape index (κ1) is 28.5. The molecule has 0 unspecified atom stereocenters. The molecule has 8 heteroatoms. The fraction of sp³-hybridized carbons (Fsp3) is 0.161. The van der Waals surface area contributed by atoms with Gasteiger partial charge in [0, 0.05) is 28.2 Å². The van der Waals surface area contributed by atoms with Gasteiger partial charge in [-0.2, -0.15) is 0 Å². The van der Waals surface area contributed by atoms with Crippen molar-refractivity contribution in [1.29, 1.82) is 0 Å². The number of amides is 2. The van der Waals surface area contributed by atoms with Crippen LogP contribution in [0.2, 0.25) is 15.1 Å². The van der Waals surface area contributed by atoms with Crippen molar-refractivity contribution < 1.29 is 14.3 Å². The Bertz CT molecular complexity index is 1410. The Morgan fingerprint density at radius 1 is 0.821 bits per heavy atom. The second kappa shape index (κ2) is 13.5. The van der Waals surface area contributed by atoms with Crippen molar-refractivity contribution in [1.82, 2.24) is 10.2 Å². The Kier molecular flexibility index (Phi) is 9.88. The van der Waals surface area contributed by atoms with Gasteiger partial charge in [0.15, 0.2) is 0 Å². The zero-order chi connectivity index (χ0) is 27.8. The summed E-state index contributed by atoms with van der Waals surface area (Å²) in [7, 11) is 1.60. The van der Waals surface area contributed by atoms with Gasteiger partial charge in [-0.05, 0) is 58.7 Å². The molecule has 5 nitrogen and oxygen atoms in total. The molecule has 0 fully saturated rings. The van der Waals surface area contributed by atoms with E-state index in [1.54, 1.807) is 42.3 Å². The molecule has 200 valence electrons. The normalized spacial score (nSPS) is 11.5. The summed E-state index contributed by atoms with van der Waals surface area (Å²) < 4.78 is 5.28. The summed E-state index contributed by atoms with van der Waals surface area (Å²) in [5.74, 6) is 0.168. The number of nitrogens with one attached hydrogen (secondary N) is 1. The van der Waals surface area contributed by atoms with Crippen LogP contribution in [0.1, 0.15) is 28.3 Å². The minimum Gasteiger partial charge on any atom is -0.497 e. The highest BCUT2D eigenvalue weighted by Gasteiger charge is 2.31. The summed E-state index contributed by atoms with van der Waals surface area (Å²) in [6.45, 7) is 0.394. The molecule has 1 atom stereocenters. The largest absolute Gasteiger partial charge is 0.497 e. The second-order valence-corrected chi connectivity index (χ2v) is 10.2. The summed E-state index contributed by atoms with van der Waals surface area (Å²) in [6, 6.07) is 28.0. The monoisotopic (exact) mass is 580 g/mol. The first-order valence-electron chi connectivity index (χ1n) is 12.3. The minimum absolute atomic E-state index is 0.104. The molecule has 0 bridgehead atoms. The number of hydrogen-bond donors (Lipinski definition) is 1. The van der Waals surface area contributed by atoms with E-state index < -0.39 is 6.04 Å². The van der Waals surface area contributed by atoms with E-state index in [-0.39, 0.29) is 31.3 Å². The number of methoxy groups -OCH3 is 1. The summed E-state index contributed by atoms with van der Waals surface area (Å²) in [4.78, 5) is 29.3. The number of nitrogens with zero attached hydrogens (tertiary/aromatic N) is 1. The lowest BCUT2D eigenvalue weighted by Crippen LogP contribution is -2.43. The predicted molar refractivity (Wildman–Crippen MR) is 156 cm³/mol. The lowest BCUT2D eigenvalue weighted by molar-refractivity contribution is -0.141. The van der Waals surface area contributed by atoms with Crippen LogP contribution in [0.15, 0.2) is 97.1 Å². The van der Waals surface area contributed by atoms with Crippen LogP contribution in [-0.2, 0) is 29.1 Å². The van der Waals surface area contributed by atoms with E-state index in [1.165, 1.54) is 0 Å². The van der Waals surface area contributed by atoms with Crippen molar-refractivity contribution in [3.63, 3.8) is 0 Å². The molecular formula is C31H27Cl3N2O3. The van der Waals surface area contributed by atoms with E-state index in [0.29, 0.717) is 26.4 Å². The maximum Gasteiger partial charge on any atom is 0.247 e. The Morgan fingerprint density at radius 3 is 2.10 bits per heavy atom.